The number of anilines is 1. The molecular formula is C25H32N2O3. The minimum absolute atomic E-state index is 0.0437. The van der Waals surface area contributed by atoms with E-state index in [1.165, 1.54) is 12.8 Å². The van der Waals surface area contributed by atoms with Gasteiger partial charge < -0.3 is 19.7 Å². The number of fused-ring (bicyclic) bond motifs is 1. The fraction of sp³-hybridized carbons (Fsp3) is 0.480. The molecule has 1 fully saturated rings. The SMILES string of the molecule is CCCCCOc1ccc(C2(C)Nc3ccccc3C(=O)N2CC2CCCO2)cc1. The quantitative estimate of drug-likeness (QED) is 0.612. The van der Waals surface area contributed by atoms with Crippen LogP contribution in [0.25, 0.3) is 0 Å². The topological polar surface area (TPSA) is 50.8 Å². The number of hydrogen-bond donors (Lipinski definition) is 1. The van der Waals surface area contributed by atoms with Crippen molar-refractivity contribution in [2.24, 2.45) is 0 Å². The number of benzene rings is 2. The van der Waals surface area contributed by atoms with E-state index >= 15 is 0 Å². The molecule has 1 saturated heterocycles. The lowest BCUT2D eigenvalue weighted by atomic mass is 9.93. The summed E-state index contributed by atoms with van der Waals surface area (Å²) in [5.74, 6) is 0.911. The number of rotatable bonds is 8. The number of hydrogen-bond acceptors (Lipinski definition) is 4. The summed E-state index contributed by atoms with van der Waals surface area (Å²) in [6, 6.07) is 15.9. The van der Waals surface area contributed by atoms with Crippen LogP contribution in [0.2, 0.25) is 0 Å². The van der Waals surface area contributed by atoms with E-state index in [-0.39, 0.29) is 12.0 Å². The number of carbonyl (C=O) groups excluding carboxylic acids is 1. The maximum Gasteiger partial charge on any atom is 0.258 e. The summed E-state index contributed by atoms with van der Waals surface area (Å²) >= 11 is 0. The van der Waals surface area contributed by atoms with Gasteiger partial charge in [-0.05, 0) is 56.0 Å². The molecule has 0 aliphatic carbocycles. The van der Waals surface area contributed by atoms with E-state index < -0.39 is 5.66 Å². The molecule has 0 radical (unpaired) electrons. The molecule has 2 heterocycles. The smallest absolute Gasteiger partial charge is 0.258 e. The third-order valence-corrected chi connectivity index (χ3v) is 6.16. The molecule has 2 aromatic rings. The van der Waals surface area contributed by atoms with Crippen LogP contribution in [0.1, 0.15) is 61.9 Å². The lowest BCUT2D eigenvalue weighted by Crippen LogP contribution is -2.57. The van der Waals surface area contributed by atoms with E-state index in [9.17, 15) is 4.79 Å². The molecular weight excluding hydrogens is 376 g/mol. The van der Waals surface area contributed by atoms with Gasteiger partial charge in [-0.25, -0.2) is 0 Å². The highest BCUT2D eigenvalue weighted by atomic mass is 16.5. The van der Waals surface area contributed by atoms with E-state index in [0.717, 1.165) is 49.5 Å². The monoisotopic (exact) mass is 408 g/mol. The number of ether oxygens (including phenoxy) is 2. The van der Waals surface area contributed by atoms with E-state index in [1.807, 2.05) is 41.3 Å². The van der Waals surface area contributed by atoms with Crippen molar-refractivity contribution in [2.75, 3.05) is 25.1 Å². The zero-order valence-electron chi connectivity index (χ0n) is 18.0. The van der Waals surface area contributed by atoms with Crippen LogP contribution in [0.15, 0.2) is 48.5 Å². The van der Waals surface area contributed by atoms with Gasteiger partial charge in [-0.2, -0.15) is 0 Å². The number of para-hydroxylation sites is 1. The highest BCUT2D eigenvalue weighted by Gasteiger charge is 2.43. The average molecular weight is 409 g/mol. The number of nitrogens with one attached hydrogen (secondary N) is 1. The Bertz CT molecular complexity index is 861. The normalized spacial score (nSPS) is 23.2. The van der Waals surface area contributed by atoms with E-state index in [2.05, 4.69) is 31.3 Å². The second-order valence-corrected chi connectivity index (χ2v) is 8.37. The predicted octanol–water partition coefficient (Wildman–Crippen LogP) is 5.18. The standard InChI is InChI=1S/C25H32N2O3/c1-3-4-7-16-29-20-14-12-19(13-15-20)25(2)26-23-11-6-5-10-22(23)24(28)27(25)18-21-9-8-17-30-21/h5-6,10-15,21,26H,3-4,7-9,16-18H2,1-2H3. The van der Waals surface area contributed by atoms with Crippen molar-refractivity contribution in [2.45, 2.75) is 57.7 Å². The molecule has 2 aliphatic heterocycles. The van der Waals surface area contributed by atoms with Gasteiger partial charge in [0.25, 0.3) is 5.91 Å². The highest BCUT2D eigenvalue weighted by Crippen LogP contribution is 2.39. The Labute approximate surface area is 179 Å². The molecule has 0 aromatic heterocycles. The van der Waals surface area contributed by atoms with Gasteiger partial charge in [-0.3, -0.25) is 4.79 Å². The number of carbonyl (C=O) groups is 1. The molecule has 30 heavy (non-hydrogen) atoms. The zero-order valence-corrected chi connectivity index (χ0v) is 18.0. The Morgan fingerprint density at radius 3 is 2.70 bits per heavy atom. The molecule has 4 rings (SSSR count). The summed E-state index contributed by atoms with van der Waals surface area (Å²) in [5, 5.41) is 3.63. The third-order valence-electron chi connectivity index (χ3n) is 6.16. The van der Waals surface area contributed by atoms with Crippen molar-refractivity contribution in [1.29, 1.82) is 0 Å². The summed E-state index contributed by atoms with van der Waals surface area (Å²) in [7, 11) is 0. The van der Waals surface area contributed by atoms with Crippen LogP contribution in [-0.4, -0.2) is 36.7 Å². The zero-order chi connectivity index (χ0) is 21.0. The van der Waals surface area contributed by atoms with Gasteiger partial charge in [0.2, 0.25) is 0 Å². The second kappa shape index (κ2) is 9.09. The van der Waals surface area contributed by atoms with E-state index in [4.69, 9.17) is 9.47 Å². The molecule has 2 aromatic carbocycles. The Morgan fingerprint density at radius 2 is 1.97 bits per heavy atom. The minimum atomic E-state index is -0.655. The molecule has 0 spiro atoms. The number of nitrogens with zero attached hydrogens (tertiary/aromatic N) is 1. The number of unbranched alkanes of at least 4 members (excludes halogenated alkanes) is 2. The Hall–Kier alpha value is -2.53. The molecule has 0 saturated carbocycles. The lowest BCUT2D eigenvalue weighted by molar-refractivity contribution is 0.0242. The maximum atomic E-state index is 13.5. The highest BCUT2D eigenvalue weighted by molar-refractivity contribution is 6.02. The molecule has 2 atom stereocenters. The van der Waals surface area contributed by atoms with Gasteiger partial charge in [-0.1, -0.05) is 44.0 Å². The van der Waals surface area contributed by atoms with Gasteiger partial charge in [0, 0.05) is 18.8 Å². The third kappa shape index (κ3) is 4.17. The summed E-state index contributed by atoms with van der Waals surface area (Å²) < 4.78 is 11.7. The summed E-state index contributed by atoms with van der Waals surface area (Å²) in [6.07, 6.45) is 5.56. The summed E-state index contributed by atoms with van der Waals surface area (Å²) in [4.78, 5) is 15.4. The largest absolute Gasteiger partial charge is 0.494 e. The van der Waals surface area contributed by atoms with Gasteiger partial charge in [0.15, 0.2) is 0 Å². The molecule has 5 nitrogen and oxygen atoms in total. The Balaban J connectivity index is 1.60. The minimum Gasteiger partial charge on any atom is -0.494 e. The fourth-order valence-electron chi connectivity index (χ4n) is 4.36. The van der Waals surface area contributed by atoms with Crippen molar-refractivity contribution in [3.05, 3.63) is 59.7 Å². The lowest BCUT2D eigenvalue weighted by Gasteiger charge is -2.47. The summed E-state index contributed by atoms with van der Waals surface area (Å²) in [6.45, 7) is 6.35. The number of amides is 1. The molecule has 0 bridgehead atoms. The first-order valence-corrected chi connectivity index (χ1v) is 11.2. The van der Waals surface area contributed by atoms with Crippen molar-refractivity contribution in [1.82, 2.24) is 4.90 Å². The molecule has 1 amide bonds. The van der Waals surface area contributed by atoms with Crippen LogP contribution >= 0.6 is 0 Å². The molecule has 1 N–H and O–H groups in total. The van der Waals surface area contributed by atoms with Gasteiger partial charge in [-0.15, -0.1) is 0 Å². The Morgan fingerprint density at radius 1 is 1.17 bits per heavy atom. The summed E-state index contributed by atoms with van der Waals surface area (Å²) in [5.41, 5.74) is 1.96. The predicted molar refractivity (Wildman–Crippen MR) is 119 cm³/mol. The van der Waals surface area contributed by atoms with Crippen LogP contribution in [0, 0.1) is 0 Å². The fourth-order valence-corrected chi connectivity index (χ4v) is 4.36. The average Bonchev–Trinajstić information content (AvgIpc) is 3.28. The van der Waals surface area contributed by atoms with Crippen LogP contribution in [-0.2, 0) is 10.4 Å². The van der Waals surface area contributed by atoms with Crippen LogP contribution in [0.5, 0.6) is 5.75 Å². The maximum absolute atomic E-state index is 13.5. The van der Waals surface area contributed by atoms with Crippen LogP contribution in [0.4, 0.5) is 5.69 Å². The Kier molecular flexibility index (Phi) is 6.28. The molecule has 2 unspecified atom stereocenters. The van der Waals surface area contributed by atoms with Crippen molar-refractivity contribution >= 4 is 11.6 Å². The molecule has 2 aliphatic rings. The van der Waals surface area contributed by atoms with Gasteiger partial charge in [0.05, 0.1) is 18.3 Å². The molecule has 160 valence electrons. The first-order valence-electron chi connectivity index (χ1n) is 11.2. The van der Waals surface area contributed by atoms with Crippen molar-refractivity contribution < 1.29 is 14.3 Å². The van der Waals surface area contributed by atoms with E-state index in [1.54, 1.807) is 0 Å². The van der Waals surface area contributed by atoms with E-state index in [0.29, 0.717) is 12.1 Å². The molecule has 5 heteroatoms. The van der Waals surface area contributed by atoms with Crippen molar-refractivity contribution in [3.8, 4) is 5.75 Å². The van der Waals surface area contributed by atoms with Crippen LogP contribution < -0.4 is 10.1 Å². The first kappa shape index (κ1) is 20.7. The van der Waals surface area contributed by atoms with Crippen molar-refractivity contribution in [3.63, 3.8) is 0 Å². The van der Waals surface area contributed by atoms with Gasteiger partial charge >= 0.3 is 0 Å². The first-order chi connectivity index (χ1) is 14.6. The van der Waals surface area contributed by atoms with Gasteiger partial charge in [0.1, 0.15) is 11.4 Å². The van der Waals surface area contributed by atoms with Crippen LogP contribution in [0.3, 0.4) is 0 Å². The second-order valence-electron chi connectivity index (χ2n) is 8.37.